The maximum atomic E-state index is 12.0. The van der Waals surface area contributed by atoms with E-state index in [1.54, 1.807) is 11.9 Å². The van der Waals surface area contributed by atoms with Crippen molar-refractivity contribution >= 4 is 32.2 Å². The lowest BCUT2D eigenvalue weighted by molar-refractivity contribution is -0.145. The molecule has 0 radical (unpaired) electrons. The Morgan fingerprint density at radius 1 is 1.44 bits per heavy atom. The fourth-order valence-corrected chi connectivity index (χ4v) is 2.35. The number of carbonyl (C=O) groups excluding carboxylic acids is 1. The molecule has 1 aliphatic heterocycles. The lowest BCUT2D eigenvalue weighted by Crippen LogP contribution is -2.40. The number of anilines is 1. The molecule has 1 aromatic rings. The third-order valence-electron chi connectivity index (χ3n) is 2.86. The molecule has 0 unspecified atom stereocenters. The van der Waals surface area contributed by atoms with Gasteiger partial charge in [0.25, 0.3) is 0 Å². The van der Waals surface area contributed by atoms with E-state index in [4.69, 9.17) is 4.74 Å². The van der Waals surface area contributed by atoms with Crippen LogP contribution >= 0.6 is 15.9 Å². The van der Waals surface area contributed by atoms with Crippen molar-refractivity contribution in [2.24, 2.45) is 11.0 Å². The highest BCUT2D eigenvalue weighted by Crippen LogP contribution is 2.30. The van der Waals surface area contributed by atoms with Crippen molar-refractivity contribution in [2.45, 2.75) is 19.9 Å². The third kappa shape index (κ3) is 2.41. The van der Waals surface area contributed by atoms with Gasteiger partial charge in [0.15, 0.2) is 6.04 Å². The summed E-state index contributed by atoms with van der Waals surface area (Å²) in [6.45, 7) is 4.14. The predicted octanol–water partition coefficient (Wildman–Crippen LogP) is 2.78. The molecule has 0 aliphatic carbocycles. The van der Waals surface area contributed by atoms with Crippen LogP contribution in [0.15, 0.2) is 35.4 Å². The first-order valence-corrected chi connectivity index (χ1v) is 6.69. The standard InChI is InChI=1S/C13H15BrN2O2/c1-3-18-13(17)11-9(2)12(14)15-16(11)10-7-5-4-6-8-10/h4-9,11H,3H2,1-2H3/t9-,11+/m1/s1. The second kappa shape index (κ2) is 5.52. The van der Waals surface area contributed by atoms with Crippen molar-refractivity contribution in [1.82, 2.24) is 0 Å². The van der Waals surface area contributed by atoms with Gasteiger partial charge in [0.2, 0.25) is 0 Å². The molecule has 2 rings (SSSR count). The number of ether oxygens (including phenoxy) is 1. The Bertz CT molecular complexity index is 461. The summed E-state index contributed by atoms with van der Waals surface area (Å²) in [4.78, 5) is 12.0. The minimum atomic E-state index is -0.401. The summed E-state index contributed by atoms with van der Waals surface area (Å²) in [5.41, 5.74) is 0.886. The van der Waals surface area contributed by atoms with Crippen LogP contribution < -0.4 is 5.01 Å². The topological polar surface area (TPSA) is 41.9 Å². The maximum Gasteiger partial charge on any atom is 0.331 e. The quantitative estimate of drug-likeness (QED) is 0.806. The Balaban J connectivity index is 2.29. The largest absolute Gasteiger partial charge is 0.464 e. The first-order valence-electron chi connectivity index (χ1n) is 5.90. The van der Waals surface area contributed by atoms with Crippen LogP contribution in [0.5, 0.6) is 0 Å². The van der Waals surface area contributed by atoms with Gasteiger partial charge in [0.1, 0.15) is 4.62 Å². The SMILES string of the molecule is CCOC(=O)[C@@H]1[C@@H](C)C(Br)=NN1c1ccccc1. The molecule has 0 spiro atoms. The Kier molecular flexibility index (Phi) is 4.01. The maximum absolute atomic E-state index is 12.0. The molecule has 1 aliphatic rings. The van der Waals surface area contributed by atoms with E-state index in [9.17, 15) is 4.79 Å². The second-order valence-corrected chi connectivity index (χ2v) is 4.90. The Labute approximate surface area is 115 Å². The van der Waals surface area contributed by atoms with Crippen LogP contribution in [-0.2, 0) is 9.53 Å². The molecule has 96 valence electrons. The van der Waals surface area contributed by atoms with Gasteiger partial charge < -0.3 is 4.74 Å². The van der Waals surface area contributed by atoms with Gasteiger partial charge in [-0.25, -0.2) is 9.80 Å². The van der Waals surface area contributed by atoms with Crippen molar-refractivity contribution < 1.29 is 9.53 Å². The Morgan fingerprint density at radius 3 is 2.72 bits per heavy atom. The number of nitrogens with zero attached hydrogens (tertiary/aromatic N) is 2. The summed E-state index contributed by atoms with van der Waals surface area (Å²) < 4.78 is 5.89. The van der Waals surface area contributed by atoms with Crippen LogP contribution in [0.25, 0.3) is 0 Å². The third-order valence-corrected chi connectivity index (χ3v) is 3.75. The van der Waals surface area contributed by atoms with Crippen LogP contribution in [0.3, 0.4) is 0 Å². The predicted molar refractivity (Wildman–Crippen MR) is 74.9 cm³/mol. The average molecular weight is 311 g/mol. The number of hydrogen-bond acceptors (Lipinski definition) is 4. The average Bonchev–Trinajstić information content (AvgIpc) is 2.67. The van der Waals surface area contributed by atoms with Crippen molar-refractivity contribution in [3.05, 3.63) is 30.3 Å². The number of hydrazone groups is 1. The summed E-state index contributed by atoms with van der Waals surface area (Å²) in [6, 6.07) is 9.22. The summed E-state index contributed by atoms with van der Waals surface area (Å²) >= 11 is 3.40. The molecule has 5 heteroatoms. The van der Waals surface area contributed by atoms with Gasteiger partial charge in [-0.1, -0.05) is 25.1 Å². The van der Waals surface area contributed by atoms with Gasteiger partial charge in [-0.15, -0.1) is 0 Å². The first-order chi connectivity index (χ1) is 8.65. The van der Waals surface area contributed by atoms with Crippen molar-refractivity contribution in [2.75, 3.05) is 11.6 Å². The number of hydrogen-bond donors (Lipinski definition) is 0. The van der Waals surface area contributed by atoms with E-state index < -0.39 is 6.04 Å². The van der Waals surface area contributed by atoms with Crippen LogP contribution in [0.1, 0.15) is 13.8 Å². The number of carbonyl (C=O) groups is 1. The molecule has 4 nitrogen and oxygen atoms in total. The van der Waals surface area contributed by atoms with Crippen LogP contribution in [-0.4, -0.2) is 23.2 Å². The fraction of sp³-hybridized carbons (Fsp3) is 0.385. The number of esters is 1. The molecule has 0 fully saturated rings. The molecule has 0 amide bonds. The van der Waals surface area contributed by atoms with Gasteiger partial charge in [-0.3, -0.25) is 0 Å². The fourth-order valence-electron chi connectivity index (χ4n) is 1.93. The Hall–Kier alpha value is -1.36. The van der Waals surface area contributed by atoms with Gasteiger partial charge in [-0.05, 0) is 35.0 Å². The minimum absolute atomic E-state index is 0.00995. The molecule has 0 saturated carbocycles. The van der Waals surface area contributed by atoms with E-state index in [0.29, 0.717) is 6.61 Å². The molecule has 18 heavy (non-hydrogen) atoms. The van der Waals surface area contributed by atoms with Crippen molar-refractivity contribution in [1.29, 1.82) is 0 Å². The summed E-state index contributed by atoms with van der Waals surface area (Å²) in [6.07, 6.45) is 0. The van der Waals surface area contributed by atoms with E-state index in [1.807, 2.05) is 37.3 Å². The van der Waals surface area contributed by atoms with Crippen LogP contribution in [0.2, 0.25) is 0 Å². The Morgan fingerprint density at radius 2 is 2.11 bits per heavy atom. The van der Waals surface area contributed by atoms with E-state index in [2.05, 4.69) is 21.0 Å². The number of halogens is 1. The highest BCUT2D eigenvalue weighted by molar-refractivity contribution is 9.18. The zero-order valence-corrected chi connectivity index (χ0v) is 11.9. The minimum Gasteiger partial charge on any atom is -0.464 e. The van der Waals surface area contributed by atoms with Gasteiger partial charge in [0.05, 0.1) is 12.3 Å². The molecule has 1 heterocycles. The summed E-state index contributed by atoms with van der Waals surface area (Å²) in [5, 5.41) is 6.11. The molecular weight excluding hydrogens is 296 g/mol. The second-order valence-electron chi connectivity index (χ2n) is 4.09. The van der Waals surface area contributed by atoms with Gasteiger partial charge >= 0.3 is 5.97 Å². The normalized spacial score (nSPS) is 22.8. The molecule has 2 atom stereocenters. The van der Waals surface area contributed by atoms with E-state index in [0.717, 1.165) is 10.3 Å². The highest BCUT2D eigenvalue weighted by atomic mass is 79.9. The van der Waals surface area contributed by atoms with Crippen molar-refractivity contribution in [3.8, 4) is 0 Å². The summed E-state index contributed by atoms with van der Waals surface area (Å²) in [7, 11) is 0. The van der Waals surface area contributed by atoms with Crippen molar-refractivity contribution in [3.63, 3.8) is 0 Å². The van der Waals surface area contributed by atoms with E-state index in [1.165, 1.54) is 0 Å². The van der Waals surface area contributed by atoms with Gasteiger partial charge in [-0.2, -0.15) is 5.10 Å². The molecular formula is C13H15BrN2O2. The molecule has 0 bridgehead atoms. The lowest BCUT2D eigenvalue weighted by atomic mass is 10.0. The lowest BCUT2D eigenvalue weighted by Gasteiger charge is -2.24. The van der Waals surface area contributed by atoms with Crippen LogP contribution in [0, 0.1) is 5.92 Å². The number of para-hydroxylation sites is 1. The molecule has 1 aromatic carbocycles. The number of benzene rings is 1. The first kappa shape index (κ1) is 13.1. The molecule has 0 N–H and O–H groups in total. The smallest absolute Gasteiger partial charge is 0.331 e. The van der Waals surface area contributed by atoms with Crippen LogP contribution in [0.4, 0.5) is 5.69 Å². The zero-order valence-electron chi connectivity index (χ0n) is 10.3. The molecule has 0 aromatic heterocycles. The van der Waals surface area contributed by atoms with E-state index in [-0.39, 0.29) is 11.9 Å². The number of rotatable bonds is 3. The summed E-state index contributed by atoms with van der Waals surface area (Å²) in [5.74, 6) is -0.253. The molecule has 0 saturated heterocycles. The zero-order chi connectivity index (χ0) is 13.1. The highest BCUT2D eigenvalue weighted by Gasteiger charge is 2.40. The monoisotopic (exact) mass is 310 g/mol. The van der Waals surface area contributed by atoms with Gasteiger partial charge in [0, 0.05) is 5.92 Å². The van der Waals surface area contributed by atoms with E-state index >= 15 is 0 Å².